The van der Waals surface area contributed by atoms with Crippen LogP contribution in [0, 0.1) is 5.92 Å². The van der Waals surface area contributed by atoms with Gasteiger partial charge in [0.1, 0.15) is 6.04 Å². The Balaban J connectivity index is 2.18. The van der Waals surface area contributed by atoms with Gasteiger partial charge in [-0.15, -0.1) is 0 Å². The van der Waals surface area contributed by atoms with E-state index in [0.29, 0.717) is 11.8 Å². The summed E-state index contributed by atoms with van der Waals surface area (Å²) in [6.45, 7) is 8.30. The number of carboxylic acids is 1. The fourth-order valence-electron chi connectivity index (χ4n) is 2.86. The van der Waals surface area contributed by atoms with Gasteiger partial charge in [0.05, 0.1) is 0 Å². The van der Waals surface area contributed by atoms with Gasteiger partial charge in [-0.25, -0.2) is 0 Å². The topological polar surface area (TPSA) is 40.5 Å². The second-order valence-corrected chi connectivity index (χ2v) is 6.28. The number of rotatable bonds is 4. The Morgan fingerprint density at radius 3 is 2.10 bits per heavy atom. The third-order valence-corrected chi connectivity index (χ3v) is 4.34. The van der Waals surface area contributed by atoms with Crippen LogP contribution in [0.1, 0.15) is 56.7 Å². The van der Waals surface area contributed by atoms with Crippen LogP contribution in [-0.4, -0.2) is 29.1 Å². The van der Waals surface area contributed by atoms with Crippen LogP contribution in [0.3, 0.4) is 0 Å². The average molecular weight is 275 g/mol. The van der Waals surface area contributed by atoms with Gasteiger partial charge in [-0.3, -0.25) is 9.69 Å². The number of carbonyl (C=O) groups is 1. The van der Waals surface area contributed by atoms with Gasteiger partial charge in [0.15, 0.2) is 0 Å². The van der Waals surface area contributed by atoms with E-state index in [1.54, 1.807) is 0 Å². The number of benzene rings is 1. The largest absolute Gasteiger partial charge is 0.480 e. The van der Waals surface area contributed by atoms with E-state index in [1.165, 1.54) is 5.56 Å². The van der Waals surface area contributed by atoms with Gasteiger partial charge >= 0.3 is 5.97 Å². The van der Waals surface area contributed by atoms with Gasteiger partial charge in [0, 0.05) is 0 Å². The van der Waals surface area contributed by atoms with Gasteiger partial charge < -0.3 is 5.11 Å². The van der Waals surface area contributed by atoms with E-state index in [-0.39, 0.29) is 0 Å². The molecule has 3 nitrogen and oxygen atoms in total. The fraction of sp³-hybridized carbons (Fsp3) is 0.588. The number of hydrogen-bond donors (Lipinski definition) is 1. The van der Waals surface area contributed by atoms with Crippen molar-refractivity contribution in [3.63, 3.8) is 0 Å². The summed E-state index contributed by atoms with van der Waals surface area (Å²) in [5.41, 5.74) is 2.15. The third kappa shape index (κ3) is 3.40. The van der Waals surface area contributed by atoms with Crippen molar-refractivity contribution in [2.75, 3.05) is 13.1 Å². The predicted octanol–water partition coefficient (Wildman–Crippen LogP) is 3.67. The lowest BCUT2D eigenvalue weighted by Gasteiger charge is -2.34. The molecule has 0 saturated carbocycles. The zero-order valence-electron chi connectivity index (χ0n) is 12.7. The summed E-state index contributed by atoms with van der Waals surface area (Å²) < 4.78 is 0. The molecule has 1 N–H and O–H groups in total. The van der Waals surface area contributed by atoms with Crippen LogP contribution in [0.15, 0.2) is 24.3 Å². The van der Waals surface area contributed by atoms with E-state index >= 15 is 0 Å². The summed E-state index contributed by atoms with van der Waals surface area (Å²) >= 11 is 0. The molecule has 1 atom stereocenters. The molecule has 2 rings (SSSR count). The van der Waals surface area contributed by atoms with Crippen molar-refractivity contribution in [3.05, 3.63) is 35.4 Å². The highest BCUT2D eigenvalue weighted by molar-refractivity contribution is 5.75. The predicted molar refractivity (Wildman–Crippen MR) is 80.9 cm³/mol. The Hall–Kier alpha value is -1.35. The Labute approximate surface area is 121 Å². The van der Waals surface area contributed by atoms with Crippen LogP contribution in [0.4, 0.5) is 0 Å². The molecule has 0 bridgehead atoms. The van der Waals surface area contributed by atoms with E-state index in [1.807, 2.05) is 12.1 Å². The van der Waals surface area contributed by atoms with Gasteiger partial charge in [0.2, 0.25) is 0 Å². The van der Waals surface area contributed by atoms with Gasteiger partial charge in [-0.05, 0) is 48.9 Å². The maximum atomic E-state index is 11.7. The second kappa shape index (κ2) is 6.40. The Morgan fingerprint density at radius 1 is 1.15 bits per heavy atom. The molecule has 110 valence electrons. The number of hydrogen-bond acceptors (Lipinski definition) is 2. The number of piperidine rings is 1. The van der Waals surface area contributed by atoms with E-state index in [4.69, 9.17) is 0 Å². The summed E-state index contributed by atoms with van der Waals surface area (Å²) in [6, 6.07) is 7.58. The van der Waals surface area contributed by atoms with Gasteiger partial charge in [-0.1, -0.05) is 45.0 Å². The molecule has 1 fully saturated rings. The molecule has 1 heterocycles. The van der Waals surface area contributed by atoms with Crippen LogP contribution in [-0.2, 0) is 4.79 Å². The molecular weight excluding hydrogens is 250 g/mol. The molecule has 1 aromatic rings. The minimum Gasteiger partial charge on any atom is -0.480 e. The quantitative estimate of drug-likeness (QED) is 0.911. The lowest BCUT2D eigenvalue weighted by Crippen LogP contribution is -2.39. The van der Waals surface area contributed by atoms with Crippen LogP contribution < -0.4 is 0 Å². The van der Waals surface area contributed by atoms with Crippen LogP contribution in [0.2, 0.25) is 0 Å². The summed E-state index contributed by atoms with van der Waals surface area (Å²) in [6.07, 6.45) is 2.18. The number of aliphatic carboxylic acids is 1. The summed E-state index contributed by atoms with van der Waals surface area (Å²) in [5.74, 6) is 0.448. The van der Waals surface area contributed by atoms with Crippen LogP contribution in [0.5, 0.6) is 0 Å². The first kappa shape index (κ1) is 15.0. The van der Waals surface area contributed by atoms with Crippen molar-refractivity contribution in [2.24, 2.45) is 5.92 Å². The van der Waals surface area contributed by atoms with Crippen molar-refractivity contribution in [1.82, 2.24) is 4.90 Å². The molecule has 1 aliphatic rings. The van der Waals surface area contributed by atoms with Crippen molar-refractivity contribution < 1.29 is 9.90 Å². The summed E-state index contributed by atoms with van der Waals surface area (Å²) in [7, 11) is 0. The molecular formula is C17H25NO2. The van der Waals surface area contributed by atoms with E-state index in [2.05, 4.69) is 37.8 Å². The van der Waals surface area contributed by atoms with E-state index in [9.17, 15) is 9.90 Å². The van der Waals surface area contributed by atoms with Gasteiger partial charge in [0.25, 0.3) is 0 Å². The van der Waals surface area contributed by atoms with Crippen LogP contribution in [0.25, 0.3) is 0 Å². The summed E-state index contributed by atoms with van der Waals surface area (Å²) in [4.78, 5) is 13.8. The first-order chi connectivity index (χ1) is 9.49. The maximum Gasteiger partial charge on any atom is 0.325 e. The number of nitrogens with zero attached hydrogens (tertiary/aromatic N) is 1. The van der Waals surface area contributed by atoms with E-state index in [0.717, 1.165) is 31.5 Å². The Bertz CT molecular complexity index is 445. The minimum atomic E-state index is -0.739. The highest BCUT2D eigenvalue weighted by Gasteiger charge is 2.29. The zero-order chi connectivity index (χ0) is 14.7. The van der Waals surface area contributed by atoms with E-state index < -0.39 is 12.0 Å². The maximum absolute atomic E-state index is 11.7. The third-order valence-electron chi connectivity index (χ3n) is 4.34. The molecule has 1 saturated heterocycles. The Kier molecular flexibility index (Phi) is 4.81. The summed E-state index contributed by atoms with van der Waals surface area (Å²) in [5, 5.41) is 9.58. The average Bonchev–Trinajstić information content (AvgIpc) is 2.41. The normalized spacial score (nSPS) is 19.2. The molecule has 1 aliphatic heterocycles. The smallest absolute Gasteiger partial charge is 0.325 e. The monoisotopic (exact) mass is 275 g/mol. The molecule has 0 amide bonds. The molecule has 1 aromatic carbocycles. The van der Waals surface area contributed by atoms with Crippen molar-refractivity contribution in [3.8, 4) is 0 Å². The zero-order valence-corrected chi connectivity index (χ0v) is 12.7. The molecule has 0 radical (unpaired) electrons. The van der Waals surface area contributed by atoms with Gasteiger partial charge in [-0.2, -0.15) is 0 Å². The van der Waals surface area contributed by atoms with Crippen molar-refractivity contribution >= 4 is 5.97 Å². The minimum absolute atomic E-state index is 0.475. The second-order valence-electron chi connectivity index (χ2n) is 6.28. The fourth-order valence-corrected chi connectivity index (χ4v) is 2.86. The first-order valence-electron chi connectivity index (χ1n) is 7.55. The highest BCUT2D eigenvalue weighted by Crippen LogP contribution is 2.28. The molecule has 1 unspecified atom stereocenters. The van der Waals surface area contributed by atoms with Crippen molar-refractivity contribution in [2.45, 2.75) is 45.6 Å². The van der Waals surface area contributed by atoms with Crippen LogP contribution >= 0.6 is 0 Å². The molecule has 3 heteroatoms. The molecule has 0 aliphatic carbocycles. The standard InChI is InChI=1S/C17H25NO2/c1-12(2)14-4-6-15(7-5-14)16(17(19)20)18-10-8-13(3)9-11-18/h4-7,12-13,16H,8-11H2,1-3H3,(H,19,20). The molecule has 20 heavy (non-hydrogen) atoms. The van der Waals surface area contributed by atoms with Crippen molar-refractivity contribution in [1.29, 1.82) is 0 Å². The number of likely N-dealkylation sites (tertiary alicyclic amines) is 1. The highest BCUT2D eigenvalue weighted by atomic mass is 16.4. The SMILES string of the molecule is CC1CCN(C(C(=O)O)c2ccc(C(C)C)cc2)CC1. The molecule has 0 spiro atoms. The molecule has 0 aromatic heterocycles. The lowest BCUT2D eigenvalue weighted by atomic mass is 9.94. The lowest BCUT2D eigenvalue weighted by molar-refractivity contribution is -0.144. The first-order valence-corrected chi connectivity index (χ1v) is 7.55. The Morgan fingerprint density at radius 2 is 1.65 bits per heavy atom. The number of carboxylic acid groups (broad SMARTS) is 1.